The van der Waals surface area contributed by atoms with E-state index < -0.39 is 0 Å². The van der Waals surface area contributed by atoms with E-state index in [-0.39, 0.29) is 17.7 Å². The Morgan fingerprint density at radius 1 is 1.00 bits per heavy atom. The van der Waals surface area contributed by atoms with Gasteiger partial charge in [-0.2, -0.15) is 0 Å². The molecule has 2 N–H and O–H groups in total. The number of carbonyl (C=O) groups excluding carboxylic acids is 2. The number of hydrogen-bond donors (Lipinski definition) is 2. The molecule has 6 nitrogen and oxygen atoms in total. The third-order valence-electron chi connectivity index (χ3n) is 4.92. The zero-order chi connectivity index (χ0) is 18.6. The van der Waals surface area contributed by atoms with Gasteiger partial charge in [-0.3, -0.25) is 14.6 Å². The van der Waals surface area contributed by atoms with Crippen LogP contribution >= 0.6 is 0 Å². The highest BCUT2D eigenvalue weighted by Crippen LogP contribution is 2.26. The monoisotopic (exact) mass is 360 g/mol. The molecule has 0 aliphatic heterocycles. The number of fused-ring (bicyclic) bond motifs is 1. The van der Waals surface area contributed by atoms with Crippen LogP contribution in [-0.4, -0.2) is 21.8 Å². The van der Waals surface area contributed by atoms with Gasteiger partial charge in [-0.1, -0.05) is 37.1 Å². The Bertz CT molecular complexity index is 991. The Hall–Kier alpha value is -3.28. The molecule has 27 heavy (non-hydrogen) atoms. The van der Waals surface area contributed by atoms with Crippen LogP contribution in [0.3, 0.4) is 0 Å². The number of benzene rings is 1. The lowest BCUT2D eigenvalue weighted by Crippen LogP contribution is -2.21. The van der Waals surface area contributed by atoms with Crippen LogP contribution in [0.1, 0.15) is 36.0 Å². The predicted octanol–water partition coefficient (Wildman–Crippen LogP) is 4.01. The first kappa shape index (κ1) is 17.1. The van der Waals surface area contributed by atoms with E-state index in [4.69, 9.17) is 0 Å². The van der Waals surface area contributed by atoms with Crippen molar-refractivity contribution in [3.05, 3.63) is 60.6 Å². The summed E-state index contributed by atoms with van der Waals surface area (Å²) in [6, 6.07) is 11.0. The maximum atomic E-state index is 12.7. The van der Waals surface area contributed by atoms with Crippen LogP contribution in [0.25, 0.3) is 10.8 Å². The molecule has 1 aromatic carbocycles. The number of nitrogens with one attached hydrogen (secondary N) is 2. The van der Waals surface area contributed by atoms with Gasteiger partial charge in [0.05, 0.1) is 11.9 Å². The highest BCUT2D eigenvalue weighted by Gasteiger charge is 2.23. The number of amides is 2. The first-order valence-corrected chi connectivity index (χ1v) is 9.12. The van der Waals surface area contributed by atoms with Crippen molar-refractivity contribution in [1.82, 2.24) is 9.97 Å². The van der Waals surface area contributed by atoms with Crippen LogP contribution in [0.4, 0.5) is 11.5 Å². The molecule has 2 aromatic heterocycles. The minimum absolute atomic E-state index is 0.0178. The van der Waals surface area contributed by atoms with Gasteiger partial charge < -0.3 is 10.6 Å². The average molecular weight is 360 g/mol. The summed E-state index contributed by atoms with van der Waals surface area (Å²) in [5, 5.41) is 7.60. The predicted molar refractivity (Wildman–Crippen MR) is 105 cm³/mol. The fraction of sp³-hybridized carbons (Fsp3) is 0.238. The molecule has 4 rings (SSSR count). The molecular formula is C21H20N4O2. The fourth-order valence-electron chi connectivity index (χ4n) is 3.47. The molecule has 0 saturated heterocycles. The van der Waals surface area contributed by atoms with Gasteiger partial charge in [-0.25, -0.2) is 4.98 Å². The van der Waals surface area contributed by atoms with Gasteiger partial charge in [0.1, 0.15) is 5.82 Å². The normalized spacial score (nSPS) is 14.2. The van der Waals surface area contributed by atoms with Crippen LogP contribution < -0.4 is 10.6 Å². The second-order valence-corrected chi connectivity index (χ2v) is 6.76. The molecule has 1 saturated carbocycles. The number of anilines is 2. The van der Waals surface area contributed by atoms with Crippen molar-refractivity contribution >= 4 is 34.1 Å². The molecule has 1 aliphatic rings. The van der Waals surface area contributed by atoms with Crippen LogP contribution in [0, 0.1) is 5.92 Å². The summed E-state index contributed by atoms with van der Waals surface area (Å²) in [5.74, 6) is 0.157. The minimum atomic E-state index is -0.271. The standard InChI is InChI=1S/C21H20N4O2/c26-20(14-5-1-2-6-14)25-19-11-15(9-10-23-19)21(27)24-18-13-22-12-16-7-3-4-8-17(16)18/h3-4,7-14H,1-2,5-6H2,(H,24,27)(H,23,25,26). The Balaban J connectivity index is 1.51. The Labute approximate surface area is 157 Å². The summed E-state index contributed by atoms with van der Waals surface area (Å²) in [6.45, 7) is 0. The molecule has 1 fully saturated rings. The first-order chi connectivity index (χ1) is 13.2. The smallest absolute Gasteiger partial charge is 0.255 e. The number of nitrogens with zero attached hydrogens (tertiary/aromatic N) is 2. The molecule has 2 amide bonds. The van der Waals surface area contributed by atoms with Gasteiger partial charge in [-0.15, -0.1) is 0 Å². The zero-order valence-corrected chi connectivity index (χ0v) is 14.8. The van der Waals surface area contributed by atoms with E-state index in [2.05, 4.69) is 20.6 Å². The maximum Gasteiger partial charge on any atom is 0.255 e. The van der Waals surface area contributed by atoms with Gasteiger partial charge in [0.15, 0.2) is 0 Å². The molecule has 3 aromatic rings. The van der Waals surface area contributed by atoms with E-state index in [9.17, 15) is 9.59 Å². The first-order valence-electron chi connectivity index (χ1n) is 9.12. The van der Waals surface area contributed by atoms with Gasteiger partial charge >= 0.3 is 0 Å². The van der Waals surface area contributed by atoms with Gasteiger partial charge in [0.25, 0.3) is 5.91 Å². The topological polar surface area (TPSA) is 84.0 Å². The third kappa shape index (κ3) is 3.79. The van der Waals surface area contributed by atoms with E-state index in [0.717, 1.165) is 36.5 Å². The molecule has 1 aliphatic carbocycles. The van der Waals surface area contributed by atoms with Crippen LogP contribution in [0.5, 0.6) is 0 Å². The number of pyridine rings is 2. The number of carbonyl (C=O) groups is 2. The fourth-order valence-corrected chi connectivity index (χ4v) is 3.47. The van der Waals surface area contributed by atoms with Gasteiger partial charge in [0.2, 0.25) is 5.91 Å². The van der Waals surface area contributed by atoms with Gasteiger partial charge in [-0.05, 0) is 25.0 Å². The van der Waals surface area contributed by atoms with Crippen LogP contribution in [0.2, 0.25) is 0 Å². The van der Waals surface area contributed by atoms with Crippen molar-refractivity contribution in [1.29, 1.82) is 0 Å². The summed E-state index contributed by atoms with van der Waals surface area (Å²) in [6.07, 6.45) is 8.93. The summed E-state index contributed by atoms with van der Waals surface area (Å²) in [7, 11) is 0. The van der Waals surface area contributed by atoms with Gasteiger partial charge in [0, 0.05) is 34.6 Å². The van der Waals surface area contributed by atoms with Crippen molar-refractivity contribution in [3.63, 3.8) is 0 Å². The summed E-state index contributed by atoms with van der Waals surface area (Å²) in [4.78, 5) is 33.3. The molecule has 136 valence electrons. The zero-order valence-electron chi connectivity index (χ0n) is 14.8. The molecule has 6 heteroatoms. The quantitative estimate of drug-likeness (QED) is 0.736. The SMILES string of the molecule is O=C(Nc1cncc2ccccc12)c1ccnc(NC(=O)C2CCCC2)c1. The van der Waals surface area contributed by atoms with E-state index in [1.807, 2.05) is 24.3 Å². The van der Waals surface area contributed by atoms with E-state index in [1.165, 1.54) is 6.20 Å². The molecular weight excluding hydrogens is 340 g/mol. The lowest BCUT2D eigenvalue weighted by atomic mass is 10.1. The molecule has 0 atom stereocenters. The second-order valence-electron chi connectivity index (χ2n) is 6.76. The van der Waals surface area contributed by atoms with Crippen molar-refractivity contribution in [2.45, 2.75) is 25.7 Å². The third-order valence-corrected chi connectivity index (χ3v) is 4.92. The summed E-state index contributed by atoms with van der Waals surface area (Å²) in [5.41, 5.74) is 1.08. The van der Waals surface area contributed by atoms with E-state index in [0.29, 0.717) is 17.1 Å². The minimum Gasteiger partial charge on any atom is -0.320 e. The second kappa shape index (κ2) is 7.53. The van der Waals surface area contributed by atoms with E-state index >= 15 is 0 Å². The van der Waals surface area contributed by atoms with Crippen LogP contribution in [-0.2, 0) is 4.79 Å². The molecule has 0 unspecified atom stereocenters. The van der Waals surface area contributed by atoms with Crippen molar-refractivity contribution in [2.24, 2.45) is 5.92 Å². The molecule has 0 radical (unpaired) electrons. The van der Waals surface area contributed by atoms with Crippen molar-refractivity contribution in [3.8, 4) is 0 Å². The Morgan fingerprint density at radius 2 is 1.81 bits per heavy atom. The molecule has 0 bridgehead atoms. The van der Waals surface area contributed by atoms with Crippen molar-refractivity contribution < 1.29 is 9.59 Å². The largest absolute Gasteiger partial charge is 0.320 e. The number of aromatic nitrogens is 2. The highest BCUT2D eigenvalue weighted by molar-refractivity contribution is 6.09. The molecule has 0 spiro atoms. The highest BCUT2D eigenvalue weighted by atomic mass is 16.2. The number of hydrogen-bond acceptors (Lipinski definition) is 4. The average Bonchev–Trinajstić information content (AvgIpc) is 3.23. The van der Waals surface area contributed by atoms with Crippen molar-refractivity contribution in [2.75, 3.05) is 10.6 Å². The van der Waals surface area contributed by atoms with E-state index in [1.54, 1.807) is 24.5 Å². The summed E-state index contributed by atoms with van der Waals surface area (Å²) < 4.78 is 0. The summed E-state index contributed by atoms with van der Waals surface area (Å²) >= 11 is 0. The maximum absolute atomic E-state index is 12.7. The van der Waals surface area contributed by atoms with Crippen LogP contribution in [0.15, 0.2) is 55.0 Å². The number of rotatable bonds is 4. The Morgan fingerprint density at radius 3 is 2.67 bits per heavy atom. The lowest BCUT2D eigenvalue weighted by Gasteiger charge is -2.11. The molecule has 2 heterocycles. The Kier molecular flexibility index (Phi) is 4.78. The lowest BCUT2D eigenvalue weighted by molar-refractivity contribution is -0.119.